The molecule has 0 aliphatic heterocycles. The molecule has 0 unspecified atom stereocenters. The van der Waals surface area contributed by atoms with Crippen molar-refractivity contribution >= 4 is 5.91 Å². The van der Waals surface area contributed by atoms with Crippen LogP contribution in [-0.2, 0) is 0 Å². The Kier molecular flexibility index (Phi) is 3.39. The van der Waals surface area contributed by atoms with E-state index in [1.807, 2.05) is 6.92 Å². The lowest BCUT2D eigenvalue weighted by Crippen LogP contribution is -2.37. The van der Waals surface area contributed by atoms with Crippen molar-refractivity contribution in [1.29, 1.82) is 0 Å². The fourth-order valence-corrected chi connectivity index (χ4v) is 0.847. The number of nitrogens with one attached hydrogen (secondary N) is 2. The first kappa shape index (κ1) is 9.66. The van der Waals surface area contributed by atoms with Crippen LogP contribution in [0.3, 0.4) is 0 Å². The van der Waals surface area contributed by atoms with Crippen LogP contribution in [0.15, 0.2) is 6.20 Å². The van der Waals surface area contributed by atoms with Gasteiger partial charge in [0.1, 0.15) is 0 Å². The molecule has 1 aromatic heterocycles. The molecule has 0 spiro atoms. The molecule has 1 atom stereocenters. The van der Waals surface area contributed by atoms with Crippen LogP contribution in [0.5, 0.6) is 0 Å². The number of H-pyrrole nitrogens is 1. The number of hydrogen-bond donors (Lipinski definition) is 3. The summed E-state index contributed by atoms with van der Waals surface area (Å²) in [5.41, 5.74) is 0.229. The van der Waals surface area contributed by atoms with Crippen molar-refractivity contribution in [3.8, 4) is 0 Å². The maximum absolute atomic E-state index is 11.3. The van der Waals surface area contributed by atoms with Gasteiger partial charge < -0.3 is 10.4 Å². The largest absolute Gasteiger partial charge is 0.394 e. The third kappa shape index (κ3) is 2.51. The van der Waals surface area contributed by atoms with Crippen LogP contribution in [0.2, 0.25) is 0 Å². The van der Waals surface area contributed by atoms with Crippen molar-refractivity contribution in [2.45, 2.75) is 19.4 Å². The normalized spacial score (nSPS) is 12.5. The van der Waals surface area contributed by atoms with Crippen LogP contribution in [0, 0.1) is 0 Å². The zero-order chi connectivity index (χ0) is 9.68. The Morgan fingerprint density at radius 1 is 1.85 bits per heavy atom. The number of aliphatic hydroxyl groups is 1. The van der Waals surface area contributed by atoms with E-state index in [1.54, 1.807) is 0 Å². The monoisotopic (exact) mass is 184 g/mol. The van der Waals surface area contributed by atoms with E-state index in [9.17, 15) is 4.79 Å². The van der Waals surface area contributed by atoms with E-state index in [-0.39, 0.29) is 24.2 Å². The fourth-order valence-electron chi connectivity index (χ4n) is 0.847. The molecule has 1 rings (SSSR count). The SMILES string of the molecule is CC[C@@H](CO)NC(=O)c1cn[nH]n1. The molecule has 0 aliphatic rings. The maximum Gasteiger partial charge on any atom is 0.273 e. The zero-order valence-corrected chi connectivity index (χ0v) is 7.32. The number of hydrogen-bond acceptors (Lipinski definition) is 4. The maximum atomic E-state index is 11.3. The van der Waals surface area contributed by atoms with Gasteiger partial charge in [0.15, 0.2) is 5.69 Å². The second kappa shape index (κ2) is 4.56. The number of rotatable bonds is 4. The molecule has 0 radical (unpaired) electrons. The molecule has 0 fully saturated rings. The van der Waals surface area contributed by atoms with E-state index in [0.717, 1.165) is 0 Å². The van der Waals surface area contributed by atoms with Crippen LogP contribution in [0.4, 0.5) is 0 Å². The molecule has 0 aromatic carbocycles. The minimum Gasteiger partial charge on any atom is -0.394 e. The van der Waals surface area contributed by atoms with Crippen molar-refractivity contribution in [2.75, 3.05) is 6.61 Å². The van der Waals surface area contributed by atoms with Gasteiger partial charge in [0.2, 0.25) is 0 Å². The summed E-state index contributed by atoms with van der Waals surface area (Å²) in [4.78, 5) is 11.3. The summed E-state index contributed by atoms with van der Waals surface area (Å²) in [7, 11) is 0. The fraction of sp³-hybridized carbons (Fsp3) is 0.571. The number of aromatic nitrogens is 3. The van der Waals surface area contributed by atoms with E-state index in [4.69, 9.17) is 5.11 Å². The first-order valence-electron chi connectivity index (χ1n) is 4.05. The Labute approximate surface area is 75.3 Å². The summed E-state index contributed by atoms with van der Waals surface area (Å²) in [6.45, 7) is 1.81. The van der Waals surface area contributed by atoms with Crippen LogP contribution in [0.1, 0.15) is 23.8 Å². The molecule has 0 bridgehead atoms. The average molecular weight is 184 g/mol. The number of amides is 1. The van der Waals surface area contributed by atoms with Gasteiger partial charge in [-0.15, -0.1) is 0 Å². The van der Waals surface area contributed by atoms with Gasteiger partial charge in [-0.1, -0.05) is 6.92 Å². The van der Waals surface area contributed by atoms with Gasteiger partial charge in [-0.25, -0.2) is 0 Å². The quantitative estimate of drug-likeness (QED) is 0.577. The molecule has 6 nitrogen and oxygen atoms in total. The van der Waals surface area contributed by atoms with Gasteiger partial charge in [-0.3, -0.25) is 4.79 Å². The number of aromatic amines is 1. The number of aliphatic hydroxyl groups excluding tert-OH is 1. The molecule has 3 N–H and O–H groups in total. The molecule has 1 amide bonds. The van der Waals surface area contributed by atoms with Crippen molar-refractivity contribution in [1.82, 2.24) is 20.7 Å². The van der Waals surface area contributed by atoms with E-state index in [1.165, 1.54) is 6.20 Å². The highest BCUT2D eigenvalue weighted by Crippen LogP contribution is 1.93. The van der Waals surface area contributed by atoms with Gasteiger partial charge >= 0.3 is 0 Å². The standard InChI is InChI=1S/C7H12N4O2/c1-2-5(4-12)9-7(13)6-3-8-11-10-6/h3,5,12H,2,4H2,1H3,(H,9,13)(H,8,10,11)/t5-/m0/s1. The molecule has 6 heteroatoms. The lowest BCUT2D eigenvalue weighted by atomic mass is 10.2. The highest BCUT2D eigenvalue weighted by Gasteiger charge is 2.12. The molecule has 1 aromatic rings. The van der Waals surface area contributed by atoms with Gasteiger partial charge in [0.25, 0.3) is 5.91 Å². The second-order valence-electron chi connectivity index (χ2n) is 2.62. The van der Waals surface area contributed by atoms with E-state index in [0.29, 0.717) is 6.42 Å². The van der Waals surface area contributed by atoms with Crippen molar-refractivity contribution in [3.05, 3.63) is 11.9 Å². The Morgan fingerprint density at radius 2 is 2.62 bits per heavy atom. The molecule has 72 valence electrons. The van der Waals surface area contributed by atoms with Gasteiger partial charge in [0, 0.05) is 0 Å². The summed E-state index contributed by atoms with van der Waals surface area (Å²) in [5.74, 6) is -0.324. The number of carbonyl (C=O) groups is 1. The van der Waals surface area contributed by atoms with Crippen molar-refractivity contribution < 1.29 is 9.90 Å². The van der Waals surface area contributed by atoms with Crippen LogP contribution < -0.4 is 5.32 Å². The Morgan fingerprint density at radius 3 is 3.08 bits per heavy atom. The smallest absolute Gasteiger partial charge is 0.273 e. The van der Waals surface area contributed by atoms with E-state index in [2.05, 4.69) is 20.7 Å². The molecular formula is C7H12N4O2. The molecule has 0 saturated heterocycles. The van der Waals surface area contributed by atoms with Gasteiger partial charge in [0.05, 0.1) is 18.8 Å². The lowest BCUT2D eigenvalue weighted by molar-refractivity contribution is 0.0910. The predicted molar refractivity (Wildman–Crippen MR) is 45.0 cm³/mol. The summed E-state index contributed by atoms with van der Waals surface area (Å²) in [6, 6.07) is -0.218. The second-order valence-corrected chi connectivity index (χ2v) is 2.62. The van der Waals surface area contributed by atoms with Gasteiger partial charge in [-0.05, 0) is 6.42 Å². The first-order chi connectivity index (χ1) is 6.27. The highest BCUT2D eigenvalue weighted by atomic mass is 16.3. The minimum absolute atomic E-state index is 0.0694. The molecular weight excluding hydrogens is 172 g/mol. The number of carbonyl (C=O) groups excluding carboxylic acids is 1. The van der Waals surface area contributed by atoms with E-state index >= 15 is 0 Å². The zero-order valence-electron chi connectivity index (χ0n) is 7.32. The first-order valence-corrected chi connectivity index (χ1v) is 4.05. The summed E-state index contributed by atoms with van der Waals surface area (Å²) in [5, 5.41) is 20.9. The Balaban J connectivity index is 2.50. The van der Waals surface area contributed by atoms with Crippen molar-refractivity contribution in [2.24, 2.45) is 0 Å². The Bertz CT molecular complexity index is 255. The molecule has 13 heavy (non-hydrogen) atoms. The van der Waals surface area contributed by atoms with Gasteiger partial charge in [-0.2, -0.15) is 15.4 Å². The lowest BCUT2D eigenvalue weighted by Gasteiger charge is -2.11. The minimum atomic E-state index is -0.324. The third-order valence-electron chi connectivity index (χ3n) is 1.70. The van der Waals surface area contributed by atoms with Crippen LogP contribution >= 0.6 is 0 Å². The third-order valence-corrected chi connectivity index (χ3v) is 1.70. The summed E-state index contributed by atoms with van der Waals surface area (Å²) < 4.78 is 0. The van der Waals surface area contributed by atoms with Crippen molar-refractivity contribution in [3.63, 3.8) is 0 Å². The molecule has 0 aliphatic carbocycles. The molecule has 1 heterocycles. The summed E-state index contributed by atoms with van der Waals surface area (Å²) in [6.07, 6.45) is 2.01. The van der Waals surface area contributed by atoms with Crippen LogP contribution in [0.25, 0.3) is 0 Å². The molecule has 0 saturated carbocycles. The predicted octanol–water partition coefficient (Wildman–Crippen LogP) is -0.695. The van der Waals surface area contributed by atoms with Crippen LogP contribution in [-0.4, -0.2) is 39.1 Å². The Hall–Kier alpha value is -1.43. The summed E-state index contributed by atoms with van der Waals surface area (Å²) >= 11 is 0. The number of nitrogens with zero attached hydrogens (tertiary/aromatic N) is 2. The average Bonchev–Trinajstić information content (AvgIpc) is 2.66. The topological polar surface area (TPSA) is 90.9 Å². The highest BCUT2D eigenvalue weighted by molar-refractivity contribution is 5.91. The van der Waals surface area contributed by atoms with E-state index < -0.39 is 0 Å².